The van der Waals surface area contributed by atoms with Gasteiger partial charge in [0.05, 0.1) is 0 Å². The van der Waals surface area contributed by atoms with E-state index in [9.17, 15) is 4.79 Å². The maximum atomic E-state index is 11.0. The lowest BCUT2D eigenvalue weighted by atomic mass is 10.3. The normalized spacial score (nSPS) is 10.7. The monoisotopic (exact) mass is 328 g/mol. The van der Waals surface area contributed by atoms with Crippen LogP contribution in [0.3, 0.4) is 0 Å². The summed E-state index contributed by atoms with van der Waals surface area (Å²) in [5, 5.41) is 0. The Morgan fingerprint density at radius 2 is 1.30 bits per heavy atom. The van der Waals surface area contributed by atoms with Crippen LogP contribution in [0.2, 0.25) is 0 Å². The largest absolute Gasteiger partial charge is 0.493 e. The van der Waals surface area contributed by atoms with E-state index in [0.29, 0.717) is 11.5 Å². The zero-order valence-corrected chi connectivity index (χ0v) is 12.6. The lowest BCUT2D eigenvalue weighted by Gasteiger charge is -2.20. The average molecular weight is 329 g/mol. The molecule has 0 saturated heterocycles. The Morgan fingerprint density at radius 3 is 1.65 bits per heavy atom. The van der Waals surface area contributed by atoms with Crippen molar-refractivity contribution in [2.24, 2.45) is 0 Å². The van der Waals surface area contributed by atoms with Crippen molar-refractivity contribution in [2.45, 2.75) is 0 Å². The molecule has 2 rings (SSSR count). The van der Waals surface area contributed by atoms with Gasteiger partial charge in [-0.2, -0.15) is 0 Å². The Balaban J connectivity index is 2.21. The first-order valence-corrected chi connectivity index (χ1v) is 8.49. The smallest absolute Gasteiger partial charge is 0.407 e. The summed E-state index contributed by atoms with van der Waals surface area (Å²) < 4.78 is 15.8. The molecule has 0 atom stereocenters. The summed E-state index contributed by atoms with van der Waals surface area (Å²) in [6, 6.07) is 17.4. The number of hydrogen-bond donors (Lipinski definition) is 0. The first-order valence-electron chi connectivity index (χ1n) is 5.56. The van der Waals surface area contributed by atoms with E-state index in [1.165, 1.54) is 0 Å². The van der Waals surface area contributed by atoms with Crippen LogP contribution in [0.4, 0.5) is 4.79 Å². The van der Waals surface area contributed by atoms with Crippen LogP contribution in [0.1, 0.15) is 0 Å². The molecule has 0 aliphatic heterocycles. The van der Waals surface area contributed by atoms with Gasteiger partial charge < -0.3 is 13.6 Å². The van der Waals surface area contributed by atoms with E-state index in [4.69, 9.17) is 37.0 Å². The molecule has 0 aromatic heterocycles. The predicted octanol–water partition coefficient (Wildman–Crippen LogP) is 4.74. The lowest BCUT2D eigenvalue weighted by molar-refractivity contribution is 0.218. The van der Waals surface area contributed by atoms with Crippen molar-refractivity contribution in [3.8, 4) is 11.5 Å². The molecule has 0 amide bonds. The fourth-order valence-corrected chi connectivity index (χ4v) is 3.53. The number of halogens is 1. The van der Waals surface area contributed by atoms with Gasteiger partial charge in [0, 0.05) is 23.4 Å². The zero-order chi connectivity index (χ0) is 14.4. The summed E-state index contributed by atoms with van der Waals surface area (Å²) >= 11 is 10.4. The molecule has 2 aromatic rings. The highest BCUT2D eigenvalue weighted by Crippen LogP contribution is 2.50. The second kappa shape index (κ2) is 6.75. The third-order valence-corrected chi connectivity index (χ3v) is 4.22. The Morgan fingerprint density at radius 1 is 0.900 bits per heavy atom. The molecule has 0 N–H and O–H groups in total. The average Bonchev–Trinajstić information content (AvgIpc) is 2.39. The third kappa shape index (κ3) is 4.53. The van der Waals surface area contributed by atoms with Crippen molar-refractivity contribution >= 4 is 35.6 Å². The molecular formula is C13H10ClO4PS. The lowest BCUT2D eigenvalue weighted by Crippen LogP contribution is -2.06. The zero-order valence-electron chi connectivity index (χ0n) is 10.1. The Kier molecular flexibility index (Phi) is 5.01. The maximum Gasteiger partial charge on any atom is 0.493 e. The molecule has 0 saturated carbocycles. The number of hydrogen-bond acceptors (Lipinski definition) is 5. The molecule has 0 fully saturated rings. The Labute approximate surface area is 126 Å². The van der Waals surface area contributed by atoms with E-state index in [1.54, 1.807) is 48.5 Å². The fourth-order valence-electron chi connectivity index (χ4n) is 1.36. The fraction of sp³-hybridized carbons (Fsp3) is 0. The number of carbonyl (C=O) groups excluding carboxylic acids is 1. The highest BCUT2D eigenvalue weighted by molar-refractivity contribution is 8.08. The van der Waals surface area contributed by atoms with E-state index in [0.717, 1.165) is 0 Å². The van der Waals surface area contributed by atoms with Gasteiger partial charge in [0.1, 0.15) is 11.5 Å². The molecular weight excluding hydrogens is 319 g/mol. The molecule has 20 heavy (non-hydrogen) atoms. The van der Waals surface area contributed by atoms with Gasteiger partial charge in [-0.15, -0.1) is 0 Å². The van der Waals surface area contributed by atoms with Gasteiger partial charge in [-0.1, -0.05) is 36.4 Å². The minimum atomic E-state index is -3.37. The SMILES string of the molecule is O=C(Cl)OP(=S)(Oc1ccccc1)Oc1ccccc1. The standard InChI is InChI=1S/C13H10ClO4PS/c14-13(15)18-19(20,16-11-7-3-1-4-8-11)17-12-9-5-2-6-10-12/h1-10H. The van der Waals surface area contributed by atoms with Gasteiger partial charge in [-0.05, 0) is 24.3 Å². The third-order valence-electron chi connectivity index (χ3n) is 2.10. The van der Waals surface area contributed by atoms with Crippen molar-refractivity contribution < 1.29 is 18.4 Å². The van der Waals surface area contributed by atoms with Crippen LogP contribution in [0.15, 0.2) is 60.7 Å². The molecule has 0 aliphatic carbocycles. The van der Waals surface area contributed by atoms with E-state index in [-0.39, 0.29) is 0 Å². The van der Waals surface area contributed by atoms with Crippen LogP contribution in [0, 0.1) is 0 Å². The van der Waals surface area contributed by atoms with Gasteiger partial charge in [-0.3, -0.25) is 0 Å². The molecule has 0 bridgehead atoms. The maximum absolute atomic E-state index is 11.0. The molecule has 4 nitrogen and oxygen atoms in total. The molecule has 0 heterocycles. The molecule has 0 aliphatic rings. The molecule has 0 spiro atoms. The minimum absolute atomic E-state index is 0.435. The minimum Gasteiger partial charge on any atom is -0.407 e. The number of rotatable bonds is 5. The van der Waals surface area contributed by atoms with E-state index < -0.39 is 12.1 Å². The van der Waals surface area contributed by atoms with Crippen molar-refractivity contribution in [1.82, 2.24) is 0 Å². The van der Waals surface area contributed by atoms with Crippen LogP contribution < -0.4 is 9.05 Å². The van der Waals surface area contributed by atoms with Gasteiger partial charge in [0.15, 0.2) is 0 Å². The summed E-state index contributed by atoms with van der Waals surface area (Å²) in [6.45, 7) is -3.37. The first kappa shape index (κ1) is 14.9. The number of benzene rings is 2. The van der Waals surface area contributed by atoms with Crippen molar-refractivity contribution in [3.63, 3.8) is 0 Å². The van der Waals surface area contributed by atoms with Crippen molar-refractivity contribution in [1.29, 1.82) is 0 Å². The summed E-state index contributed by atoms with van der Waals surface area (Å²) in [5.74, 6) is 0.870. The summed E-state index contributed by atoms with van der Waals surface area (Å²) in [6.07, 6.45) is 0. The van der Waals surface area contributed by atoms with Crippen molar-refractivity contribution in [2.75, 3.05) is 0 Å². The van der Waals surface area contributed by atoms with Gasteiger partial charge >= 0.3 is 12.1 Å². The molecule has 7 heteroatoms. The number of carbonyl (C=O) groups is 1. The van der Waals surface area contributed by atoms with Gasteiger partial charge in [-0.25, -0.2) is 4.79 Å². The van der Waals surface area contributed by atoms with Gasteiger partial charge in [0.25, 0.3) is 0 Å². The highest BCUT2D eigenvalue weighted by atomic mass is 35.5. The molecule has 104 valence electrons. The van der Waals surface area contributed by atoms with Crippen molar-refractivity contribution in [3.05, 3.63) is 60.7 Å². The molecule has 0 unspecified atom stereocenters. The highest BCUT2D eigenvalue weighted by Gasteiger charge is 2.28. The van der Waals surface area contributed by atoms with Crippen LogP contribution in [0.5, 0.6) is 11.5 Å². The quantitative estimate of drug-likeness (QED) is 0.585. The van der Waals surface area contributed by atoms with E-state index in [1.807, 2.05) is 12.1 Å². The van der Waals surface area contributed by atoms with E-state index >= 15 is 0 Å². The molecule has 0 radical (unpaired) electrons. The summed E-state index contributed by atoms with van der Waals surface area (Å²) in [7, 11) is 0. The van der Waals surface area contributed by atoms with E-state index in [2.05, 4.69) is 0 Å². The topological polar surface area (TPSA) is 44.8 Å². The second-order valence-corrected chi connectivity index (χ2v) is 6.68. The van der Waals surface area contributed by atoms with Crippen LogP contribution in [-0.4, -0.2) is 5.43 Å². The Bertz CT molecular complexity index is 575. The van der Waals surface area contributed by atoms with Crippen LogP contribution in [-0.2, 0) is 16.3 Å². The summed E-state index contributed by atoms with van der Waals surface area (Å²) in [4.78, 5) is 11.0. The predicted molar refractivity (Wildman–Crippen MR) is 80.8 cm³/mol. The Hall–Kier alpha value is -1.55. The number of para-hydroxylation sites is 2. The van der Waals surface area contributed by atoms with Crippen LogP contribution in [0.25, 0.3) is 0 Å². The molecule has 2 aromatic carbocycles. The van der Waals surface area contributed by atoms with Crippen LogP contribution >= 0.6 is 18.3 Å². The van der Waals surface area contributed by atoms with Gasteiger partial charge in [0.2, 0.25) is 0 Å². The first-order chi connectivity index (χ1) is 9.57. The summed E-state index contributed by atoms with van der Waals surface area (Å²) in [5.41, 5.74) is -1.07. The second-order valence-electron chi connectivity index (χ2n) is 3.58.